The van der Waals surface area contributed by atoms with E-state index in [4.69, 9.17) is 5.11 Å². The summed E-state index contributed by atoms with van der Waals surface area (Å²) in [5.74, 6) is -1.51. The third-order valence-electron chi connectivity index (χ3n) is 3.94. The monoisotopic (exact) mass is 299 g/mol. The summed E-state index contributed by atoms with van der Waals surface area (Å²) in [7, 11) is 0. The Bertz CT molecular complexity index is 681. The molecule has 0 radical (unpaired) electrons. The van der Waals surface area contributed by atoms with E-state index in [0.717, 1.165) is 5.56 Å². The van der Waals surface area contributed by atoms with E-state index in [1.54, 1.807) is 11.0 Å². The van der Waals surface area contributed by atoms with Crippen LogP contribution in [-0.4, -0.2) is 45.2 Å². The molecule has 0 spiro atoms. The van der Waals surface area contributed by atoms with Gasteiger partial charge in [-0.3, -0.25) is 14.7 Å². The topological polar surface area (TPSA) is 86.3 Å². The predicted octanol–water partition coefficient (Wildman–Crippen LogP) is 2.01. The molecule has 2 N–H and O–H groups in total. The van der Waals surface area contributed by atoms with E-state index in [-0.39, 0.29) is 12.5 Å². The van der Waals surface area contributed by atoms with Gasteiger partial charge in [-0.15, -0.1) is 0 Å². The van der Waals surface area contributed by atoms with E-state index in [1.165, 1.54) is 0 Å². The average Bonchev–Trinajstić information content (AvgIpc) is 3.05. The fourth-order valence-electron chi connectivity index (χ4n) is 2.72. The smallest absolute Gasteiger partial charge is 0.308 e. The number of hydrogen-bond acceptors (Lipinski definition) is 3. The molecule has 3 rings (SSSR count). The molecule has 1 aromatic heterocycles. The fraction of sp³-hybridized carbons (Fsp3) is 0.312. The molecule has 1 saturated heterocycles. The van der Waals surface area contributed by atoms with Gasteiger partial charge in [-0.2, -0.15) is 5.10 Å². The molecule has 1 aliphatic heterocycles. The highest BCUT2D eigenvalue weighted by Crippen LogP contribution is 2.21. The summed E-state index contributed by atoms with van der Waals surface area (Å²) < 4.78 is 0. The van der Waals surface area contributed by atoms with Crippen molar-refractivity contribution in [3.63, 3.8) is 0 Å². The molecule has 6 nitrogen and oxygen atoms in total. The lowest BCUT2D eigenvalue weighted by Gasteiger charge is -2.30. The Hall–Kier alpha value is -2.63. The number of piperidine rings is 1. The van der Waals surface area contributed by atoms with Crippen LogP contribution < -0.4 is 0 Å². The van der Waals surface area contributed by atoms with E-state index >= 15 is 0 Å². The molecule has 1 unspecified atom stereocenters. The van der Waals surface area contributed by atoms with Crippen LogP contribution in [0.2, 0.25) is 0 Å². The van der Waals surface area contributed by atoms with Crippen molar-refractivity contribution in [3.05, 3.63) is 42.1 Å². The molecule has 2 heterocycles. The molecular formula is C16H17N3O3. The third kappa shape index (κ3) is 2.86. The van der Waals surface area contributed by atoms with Gasteiger partial charge in [-0.05, 0) is 18.9 Å². The van der Waals surface area contributed by atoms with Gasteiger partial charge in [0.05, 0.1) is 11.6 Å². The van der Waals surface area contributed by atoms with Crippen molar-refractivity contribution in [3.8, 4) is 11.3 Å². The molecule has 0 aliphatic carbocycles. The standard InChI is InChI=1S/C16H17N3O3/c20-15(19-8-4-7-12(10-19)16(21)22)14-9-13(17-18-14)11-5-2-1-3-6-11/h1-3,5-6,9,12H,4,7-8,10H2,(H,17,18)(H,21,22). The number of aromatic amines is 1. The SMILES string of the molecule is O=C(O)C1CCCN(C(=O)c2cc(-c3ccccc3)n[nH]2)C1. The first-order chi connectivity index (χ1) is 10.6. The summed E-state index contributed by atoms with van der Waals surface area (Å²) in [6.07, 6.45) is 1.33. The average molecular weight is 299 g/mol. The maximum Gasteiger partial charge on any atom is 0.308 e. The van der Waals surface area contributed by atoms with Crippen molar-refractivity contribution in [1.29, 1.82) is 0 Å². The zero-order chi connectivity index (χ0) is 15.5. The molecule has 0 saturated carbocycles. The van der Waals surface area contributed by atoms with Crippen molar-refractivity contribution >= 4 is 11.9 Å². The first-order valence-corrected chi connectivity index (χ1v) is 7.28. The summed E-state index contributed by atoms with van der Waals surface area (Å²) in [5.41, 5.74) is 2.03. The van der Waals surface area contributed by atoms with Crippen LogP contribution in [0.5, 0.6) is 0 Å². The number of aromatic nitrogens is 2. The highest BCUT2D eigenvalue weighted by molar-refractivity contribution is 5.93. The number of carbonyl (C=O) groups is 2. The van der Waals surface area contributed by atoms with Crippen molar-refractivity contribution in [1.82, 2.24) is 15.1 Å². The second-order valence-corrected chi connectivity index (χ2v) is 5.46. The number of aliphatic carboxylic acids is 1. The highest BCUT2D eigenvalue weighted by atomic mass is 16.4. The number of carboxylic acid groups (broad SMARTS) is 1. The lowest BCUT2D eigenvalue weighted by atomic mass is 9.98. The summed E-state index contributed by atoms with van der Waals surface area (Å²) in [5, 5.41) is 16.0. The molecule has 0 bridgehead atoms. The largest absolute Gasteiger partial charge is 0.481 e. The third-order valence-corrected chi connectivity index (χ3v) is 3.94. The summed E-state index contributed by atoms with van der Waals surface area (Å²) in [6, 6.07) is 11.3. The first kappa shape index (κ1) is 14.3. The van der Waals surface area contributed by atoms with Crippen molar-refractivity contribution in [2.45, 2.75) is 12.8 Å². The van der Waals surface area contributed by atoms with Gasteiger partial charge in [0.2, 0.25) is 0 Å². The second-order valence-electron chi connectivity index (χ2n) is 5.46. The van der Waals surface area contributed by atoms with Crippen LogP contribution in [0.1, 0.15) is 23.3 Å². The van der Waals surface area contributed by atoms with E-state index in [2.05, 4.69) is 10.2 Å². The molecular weight excluding hydrogens is 282 g/mol. The number of nitrogens with zero attached hydrogens (tertiary/aromatic N) is 2. The molecule has 1 atom stereocenters. The van der Waals surface area contributed by atoms with Gasteiger partial charge in [-0.1, -0.05) is 30.3 Å². The number of hydrogen-bond donors (Lipinski definition) is 2. The number of likely N-dealkylation sites (tertiary alicyclic amines) is 1. The van der Waals surface area contributed by atoms with E-state index < -0.39 is 11.9 Å². The highest BCUT2D eigenvalue weighted by Gasteiger charge is 2.29. The molecule has 1 aliphatic rings. The Morgan fingerprint density at radius 2 is 2.05 bits per heavy atom. The molecule has 114 valence electrons. The van der Waals surface area contributed by atoms with Crippen LogP contribution >= 0.6 is 0 Å². The van der Waals surface area contributed by atoms with Crippen molar-refractivity contribution in [2.75, 3.05) is 13.1 Å². The zero-order valence-corrected chi connectivity index (χ0v) is 12.0. The minimum Gasteiger partial charge on any atom is -0.481 e. The lowest BCUT2D eigenvalue weighted by molar-refractivity contribution is -0.143. The quantitative estimate of drug-likeness (QED) is 0.907. The zero-order valence-electron chi connectivity index (χ0n) is 12.0. The predicted molar refractivity (Wildman–Crippen MR) is 80.3 cm³/mol. The minimum atomic E-state index is -0.841. The number of amides is 1. The number of carbonyl (C=O) groups excluding carboxylic acids is 1. The van der Waals surface area contributed by atoms with Gasteiger partial charge in [-0.25, -0.2) is 0 Å². The van der Waals surface area contributed by atoms with Gasteiger partial charge in [0, 0.05) is 18.7 Å². The van der Waals surface area contributed by atoms with Gasteiger partial charge >= 0.3 is 5.97 Å². The summed E-state index contributed by atoms with van der Waals surface area (Å²) in [4.78, 5) is 25.2. The van der Waals surface area contributed by atoms with Crippen LogP contribution in [0.3, 0.4) is 0 Å². The Morgan fingerprint density at radius 3 is 2.77 bits per heavy atom. The maximum atomic E-state index is 12.5. The first-order valence-electron chi connectivity index (χ1n) is 7.28. The molecule has 1 fully saturated rings. The summed E-state index contributed by atoms with van der Waals surface area (Å²) in [6.45, 7) is 0.843. The van der Waals surface area contributed by atoms with Crippen LogP contribution in [0.25, 0.3) is 11.3 Å². The van der Waals surface area contributed by atoms with Crippen molar-refractivity contribution < 1.29 is 14.7 Å². The van der Waals surface area contributed by atoms with Crippen molar-refractivity contribution in [2.24, 2.45) is 5.92 Å². The molecule has 22 heavy (non-hydrogen) atoms. The van der Waals surface area contributed by atoms with E-state index in [9.17, 15) is 9.59 Å². The minimum absolute atomic E-state index is 0.194. The van der Waals surface area contributed by atoms with Crippen LogP contribution in [0.4, 0.5) is 0 Å². The number of rotatable bonds is 3. The van der Waals surface area contributed by atoms with Gasteiger partial charge in [0.1, 0.15) is 5.69 Å². The number of carboxylic acids is 1. The number of benzene rings is 1. The Morgan fingerprint density at radius 1 is 1.27 bits per heavy atom. The normalized spacial score (nSPS) is 18.2. The number of H-pyrrole nitrogens is 1. The molecule has 1 amide bonds. The van der Waals surface area contributed by atoms with Gasteiger partial charge in [0.15, 0.2) is 0 Å². The summed E-state index contributed by atoms with van der Waals surface area (Å²) >= 11 is 0. The Kier molecular flexibility index (Phi) is 3.91. The second kappa shape index (κ2) is 6.01. The van der Waals surface area contributed by atoms with Gasteiger partial charge in [0.25, 0.3) is 5.91 Å². The van der Waals surface area contributed by atoms with E-state index in [1.807, 2.05) is 30.3 Å². The maximum absolute atomic E-state index is 12.5. The fourth-order valence-corrected chi connectivity index (χ4v) is 2.72. The number of nitrogens with one attached hydrogen (secondary N) is 1. The molecule has 2 aromatic rings. The Balaban J connectivity index is 1.76. The lowest BCUT2D eigenvalue weighted by Crippen LogP contribution is -2.42. The Labute approximate surface area is 127 Å². The van der Waals surface area contributed by atoms with E-state index in [0.29, 0.717) is 30.8 Å². The van der Waals surface area contributed by atoms with Crippen LogP contribution in [0.15, 0.2) is 36.4 Å². The molecule has 6 heteroatoms. The van der Waals surface area contributed by atoms with Crippen LogP contribution in [0, 0.1) is 5.92 Å². The molecule has 1 aromatic carbocycles. The van der Waals surface area contributed by atoms with Gasteiger partial charge < -0.3 is 10.0 Å². The van der Waals surface area contributed by atoms with Crippen LogP contribution in [-0.2, 0) is 4.79 Å².